The van der Waals surface area contributed by atoms with Gasteiger partial charge in [0.25, 0.3) is 0 Å². The molecule has 0 fully saturated rings. The van der Waals surface area contributed by atoms with Crippen LogP contribution in [0.5, 0.6) is 0 Å². The van der Waals surface area contributed by atoms with Crippen LogP contribution in [0.2, 0.25) is 5.02 Å². The van der Waals surface area contributed by atoms with E-state index in [0.29, 0.717) is 6.10 Å². The molecule has 0 saturated heterocycles. The van der Waals surface area contributed by atoms with Gasteiger partial charge in [-0.15, -0.1) is 0 Å². The molecule has 2 nitrogen and oxygen atoms in total. The number of ether oxygens (including phenoxy) is 1. The first kappa shape index (κ1) is 14.5. The standard InChI is InChI=1S/C14H22ClNO/c1-11(2)17-10-6-9-16-12(3)13-7-4-5-8-14(13)15/h4-5,7-8,11-12,16H,6,9-10H2,1-3H3. The summed E-state index contributed by atoms with van der Waals surface area (Å²) in [5.74, 6) is 0. The quantitative estimate of drug-likeness (QED) is 0.749. The summed E-state index contributed by atoms with van der Waals surface area (Å²) in [7, 11) is 0. The molecule has 0 amide bonds. The summed E-state index contributed by atoms with van der Waals surface area (Å²) in [6, 6.07) is 8.24. The van der Waals surface area contributed by atoms with Crippen LogP contribution in [0.3, 0.4) is 0 Å². The summed E-state index contributed by atoms with van der Waals surface area (Å²) >= 11 is 6.14. The number of benzene rings is 1. The Morgan fingerprint density at radius 2 is 1.94 bits per heavy atom. The Hall–Kier alpha value is -0.570. The van der Waals surface area contributed by atoms with Gasteiger partial charge in [0.15, 0.2) is 0 Å². The Balaban J connectivity index is 2.26. The fourth-order valence-electron chi connectivity index (χ4n) is 1.65. The van der Waals surface area contributed by atoms with Crippen molar-refractivity contribution in [2.24, 2.45) is 0 Å². The fourth-order valence-corrected chi connectivity index (χ4v) is 1.95. The van der Waals surface area contributed by atoms with Gasteiger partial charge in [-0.05, 0) is 45.4 Å². The van der Waals surface area contributed by atoms with Gasteiger partial charge in [-0.1, -0.05) is 29.8 Å². The topological polar surface area (TPSA) is 21.3 Å². The highest BCUT2D eigenvalue weighted by atomic mass is 35.5. The number of halogens is 1. The maximum atomic E-state index is 6.14. The van der Waals surface area contributed by atoms with Crippen LogP contribution in [0.1, 0.15) is 38.8 Å². The molecule has 0 aliphatic heterocycles. The minimum Gasteiger partial charge on any atom is -0.379 e. The van der Waals surface area contributed by atoms with E-state index in [1.165, 1.54) is 0 Å². The van der Waals surface area contributed by atoms with E-state index in [2.05, 4.69) is 32.2 Å². The van der Waals surface area contributed by atoms with Crippen molar-refractivity contribution in [3.05, 3.63) is 34.9 Å². The molecule has 1 unspecified atom stereocenters. The highest BCUT2D eigenvalue weighted by Crippen LogP contribution is 2.21. The van der Waals surface area contributed by atoms with Crippen molar-refractivity contribution in [2.45, 2.75) is 39.3 Å². The third kappa shape index (κ3) is 5.53. The summed E-state index contributed by atoms with van der Waals surface area (Å²) in [4.78, 5) is 0. The first-order valence-electron chi connectivity index (χ1n) is 6.20. The van der Waals surface area contributed by atoms with Crippen molar-refractivity contribution in [3.63, 3.8) is 0 Å². The third-order valence-corrected chi connectivity index (χ3v) is 2.94. The maximum Gasteiger partial charge on any atom is 0.0518 e. The molecule has 0 saturated carbocycles. The molecule has 0 heterocycles. The van der Waals surface area contributed by atoms with E-state index in [-0.39, 0.29) is 6.04 Å². The second-order valence-electron chi connectivity index (χ2n) is 4.47. The van der Waals surface area contributed by atoms with Crippen molar-refractivity contribution in [3.8, 4) is 0 Å². The minimum absolute atomic E-state index is 0.280. The van der Waals surface area contributed by atoms with Gasteiger partial charge in [0.05, 0.1) is 6.10 Å². The Labute approximate surface area is 109 Å². The Kier molecular flexibility index (Phi) is 6.56. The van der Waals surface area contributed by atoms with Crippen LogP contribution in [0.4, 0.5) is 0 Å². The van der Waals surface area contributed by atoms with Crippen molar-refractivity contribution in [1.82, 2.24) is 5.32 Å². The average molecular weight is 256 g/mol. The SMILES string of the molecule is CC(C)OCCCNC(C)c1ccccc1Cl. The smallest absolute Gasteiger partial charge is 0.0518 e. The van der Waals surface area contributed by atoms with E-state index in [1.54, 1.807) is 0 Å². The molecule has 0 aromatic heterocycles. The Morgan fingerprint density at radius 3 is 2.59 bits per heavy atom. The molecular formula is C14H22ClNO. The lowest BCUT2D eigenvalue weighted by molar-refractivity contribution is 0.0768. The van der Waals surface area contributed by atoms with Crippen LogP contribution in [-0.2, 0) is 4.74 Å². The number of hydrogen-bond acceptors (Lipinski definition) is 2. The fraction of sp³-hybridized carbons (Fsp3) is 0.571. The molecule has 1 aromatic carbocycles. The summed E-state index contributed by atoms with van der Waals surface area (Å²) < 4.78 is 5.49. The zero-order valence-corrected chi connectivity index (χ0v) is 11.6. The molecule has 0 aliphatic carbocycles. The van der Waals surface area contributed by atoms with Gasteiger partial charge in [0.2, 0.25) is 0 Å². The summed E-state index contributed by atoms with van der Waals surface area (Å²) in [6.07, 6.45) is 1.34. The highest BCUT2D eigenvalue weighted by molar-refractivity contribution is 6.31. The third-order valence-electron chi connectivity index (χ3n) is 2.59. The van der Waals surface area contributed by atoms with E-state index in [0.717, 1.165) is 30.2 Å². The molecule has 0 aliphatic rings. The second-order valence-corrected chi connectivity index (χ2v) is 4.88. The number of rotatable bonds is 7. The number of hydrogen-bond donors (Lipinski definition) is 1. The largest absolute Gasteiger partial charge is 0.379 e. The molecule has 0 bridgehead atoms. The zero-order chi connectivity index (χ0) is 12.7. The summed E-state index contributed by atoms with van der Waals surface area (Å²) in [5.41, 5.74) is 1.15. The summed E-state index contributed by atoms with van der Waals surface area (Å²) in [6.45, 7) is 7.99. The van der Waals surface area contributed by atoms with Gasteiger partial charge in [-0.2, -0.15) is 0 Å². The van der Waals surface area contributed by atoms with Crippen LogP contribution in [0.15, 0.2) is 24.3 Å². The molecule has 96 valence electrons. The normalized spacial score (nSPS) is 13.0. The van der Waals surface area contributed by atoms with Crippen LogP contribution >= 0.6 is 11.6 Å². The van der Waals surface area contributed by atoms with E-state index in [9.17, 15) is 0 Å². The van der Waals surface area contributed by atoms with Crippen LogP contribution < -0.4 is 5.32 Å². The van der Waals surface area contributed by atoms with Crippen molar-refractivity contribution >= 4 is 11.6 Å². The molecule has 1 aromatic rings. The molecule has 0 spiro atoms. The predicted octanol–water partition coefficient (Wildman–Crippen LogP) is 3.81. The zero-order valence-electron chi connectivity index (χ0n) is 10.9. The molecule has 1 rings (SSSR count). The van der Waals surface area contributed by atoms with Crippen LogP contribution in [0.25, 0.3) is 0 Å². The van der Waals surface area contributed by atoms with Crippen LogP contribution in [-0.4, -0.2) is 19.3 Å². The molecule has 1 N–H and O–H groups in total. The Morgan fingerprint density at radius 1 is 1.24 bits per heavy atom. The lowest BCUT2D eigenvalue weighted by atomic mass is 10.1. The first-order valence-corrected chi connectivity index (χ1v) is 6.58. The van der Waals surface area contributed by atoms with E-state index in [4.69, 9.17) is 16.3 Å². The maximum absolute atomic E-state index is 6.14. The minimum atomic E-state index is 0.280. The van der Waals surface area contributed by atoms with Gasteiger partial charge in [-0.25, -0.2) is 0 Å². The van der Waals surface area contributed by atoms with Crippen molar-refractivity contribution in [1.29, 1.82) is 0 Å². The van der Waals surface area contributed by atoms with Crippen molar-refractivity contribution in [2.75, 3.05) is 13.2 Å². The van der Waals surface area contributed by atoms with Gasteiger partial charge < -0.3 is 10.1 Å². The second kappa shape index (κ2) is 7.70. The monoisotopic (exact) mass is 255 g/mol. The molecule has 17 heavy (non-hydrogen) atoms. The first-order chi connectivity index (χ1) is 8.11. The van der Waals surface area contributed by atoms with Gasteiger partial charge in [0, 0.05) is 17.7 Å². The molecule has 0 radical (unpaired) electrons. The highest BCUT2D eigenvalue weighted by Gasteiger charge is 2.07. The lowest BCUT2D eigenvalue weighted by Gasteiger charge is -2.16. The van der Waals surface area contributed by atoms with E-state index < -0.39 is 0 Å². The molecular weight excluding hydrogens is 234 g/mol. The van der Waals surface area contributed by atoms with Gasteiger partial charge in [0.1, 0.15) is 0 Å². The number of nitrogens with one attached hydrogen (secondary N) is 1. The Bertz CT molecular complexity index is 328. The molecule has 3 heteroatoms. The predicted molar refractivity (Wildman–Crippen MR) is 73.6 cm³/mol. The molecule has 1 atom stereocenters. The van der Waals surface area contributed by atoms with E-state index in [1.807, 2.05) is 18.2 Å². The van der Waals surface area contributed by atoms with E-state index >= 15 is 0 Å². The van der Waals surface area contributed by atoms with Gasteiger partial charge in [-0.3, -0.25) is 0 Å². The summed E-state index contributed by atoms with van der Waals surface area (Å²) in [5, 5.41) is 4.27. The average Bonchev–Trinajstić information content (AvgIpc) is 2.28. The van der Waals surface area contributed by atoms with Gasteiger partial charge >= 0.3 is 0 Å². The van der Waals surface area contributed by atoms with Crippen LogP contribution in [0, 0.1) is 0 Å². The lowest BCUT2D eigenvalue weighted by Crippen LogP contribution is -2.21. The van der Waals surface area contributed by atoms with Crippen molar-refractivity contribution < 1.29 is 4.74 Å².